The van der Waals surface area contributed by atoms with Crippen molar-refractivity contribution < 1.29 is 17.9 Å². The van der Waals surface area contributed by atoms with Gasteiger partial charge >= 0.3 is 0 Å². The number of carbonyl (C=O) groups excluding carboxylic acids is 1. The molecule has 3 aromatic rings. The van der Waals surface area contributed by atoms with Crippen LogP contribution in [0.3, 0.4) is 0 Å². The minimum Gasteiger partial charge on any atom is -0.496 e. The molecule has 1 amide bonds. The average molecular weight is 515 g/mol. The molecule has 4 rings (SSSR count). The van der Waals surface area contributed by atoms with Gasteiger partial charge in [0.05, 0.1) is 22.2 Å². The fourth-order valence-electron chi connectivity index (χ4n) is 3.77. The van der Waals surface area contributed by atoms with Crippen LogP contribution in [0, 0.1) is 6.92 Å². The Kier molecular flexibility index (Phi) is 6.26. The Morgan fingerprint density at radius 2 is 1.81 bits per heavy atom. The number of benzene rings is 3. The molecule has 0 bridgehead atoms. The number of fused-ring (bicyclic) bond motifs is 1. The second-order valence-corrected chi connectivity index (χ2v) is 10.3. The summed E-state index contributed by atoms with van der Waals surface area (Å²) in [6.45, 7) is 2.16. The quantitative estimate of drug-likeness (QED) is 0.483. The summed E-state index contributed by atoms with van der Waals surface area (Å²) in [5, 5.41) is 0. The molecule has 0 saturated heterocycles. The van der Waals surface area contributed by atoms with Crippen LogP contribution in [0.1, 0.15) is 11.1 Å². The Bertz CT molecular complexity index is 1260. The Morgan fingerprint density at radius 3 is 2.50 bits per heavy atom. The summed E-state index contributed by atoms with van der Waals surface area (Å²) in [7, 11) is -2.50. The van der Waals surface area contributed by atoms with E-state index in [-0.39, 0.29) is 17.3 Å². The zero-order valence-corrected chi connectivity index (χ0v) is 20.2. The van der Waals surface area contributed by atoms with Gasteiger partial charge in [0, 0.05) is 12.2 Å². The molecule has 3 aromatic carbocycles. The molecular formula is C24H23BrN2O4S. The van der Waals surface area contributed by atoms with E-state index in [0.717, 1.165) is 23.2 Å². The average Bonchev–Trinajstić information content (AvgIpc) is 3.22. The van der Waals surface area contributed by atoms with Gasteiger partial charge in [-0.05, 0) is 71.2 Å². The number of sulfonamides is 1. The first-order valence-electron chi connectivity index (χ1n) is 10.1. The summed E-state index contributed by atoms with van der Waals surface area (Å²) in [6.07, 6.45) is 0.755. The second kappa shape index (κ2) is 8.96. The molecule has 0 aromatic heterocycles. The van der Waals surface area contributed by atoms with Crippen LogP contribution in [0.5, 0.6) is 5.75 Å². The number of para-hydroxylation sites is 1. The molecule has 32 heavy (non-hydrogen) atoms. The molecule has 1 aliphatic heterocycles. The maximum Gasteiger partial charge on any atom is 0.264 e. The molecule has 0 aliphatic carbocycles. The van der Waals surface area contributed by atoms with E-state index in [0.29, 0.717) is 22.5 Å². The van der Waals surface area contributed by atoms with Crippen LogP contribution in [0.4, 0.5) is 11.4 Å². The zero-order chi connectivity index (χ0) is 22.9. The minimum absolute atomic E-state index is 0.0698. The molecule has 8 heteroatoms. The normalized spacial score (nSPS) is 13.0. The maximum absolute atomic E-state index is 13.7. The molecular weight excluding hydrogens is 492 g/mol. The van der Waals surface area contributed by atoms with E-state index >= 15 is 0 Å². The zero-order valence-electron chi connectivity index (χ0n) is 17.8. The molecule has 166 valence electrons. The van der Waals surface area contributed by atoms with E-state index in [1.807, 2.05) is 43.3 Å². The van der Waals surface area contributed by atoms with Crippen LogP contribution in [0.25, 0.3) is 0 Å². The van der Waals surface area contributed by atoms with Gasteiger partial charge in [-0.15, -0.1) is 0 Å². The van der Waals surface area contributed by atoms with E-state index in [4.69, 9.17) is 4.74 Å². The molecule has 6 nitrogen and oxygen atoms in total. The number of amides is 1. The third-order valence-corrected chi connectivity index (χ3v) is 7.89. The lowest BCUT2D eigenvalue weighted by Crippen LogP contribution is -2.42. The summed E-state index contributed by atoms with van der Waals surface area (Å²) >= 11 is 3.35. The molecule has 1 heterocycles. The van der Waals surface area contributed by atoms with Crippen LogP contribution in [-0.2, 0) is 21.2 Å². The van der Waals surface area contributed by atoms with Crippen LogP contribution in [0.2, 0.25) is 0 Å². The molecule has 0 unspecified atom stereocenters. The van der Waals surface area contributed by atoms with Crippen molar-refractivity contribution in [3.63, 3.8) is 0 Å². The number of rotatable bonds is 6. The summed E-state index contributed by atoms with van der Waals surface area (Å²) in [4.78, 5) is 15.0. The van der Waals surface area contributed by atoms with Crippen LogP contribution < -0.4 is 13.9 Å². The molecule has 0 atom stereocenters. The van der Waals surface area contributed by atoms with Gasteiger partial charge in [-0.3, -0.25) is 9.10 Å². The highest BCUT2D eigenvalue weighted by atomic mass is 79.9. The van der Waals surface area contributed by atoms with Crippen molar-refractivity contribution in [1.82, 2.24) is 0 Å². The summed E-state index contributed by atoms with van der Waals surface area (Å²) in [6, 6.07) is 19.4. The molecule has 0 fully saturated rings. The lowest BCUT2D eigenvalue weighted by Gasteiger charge is -2.27. The Balaban J connectivity index is 1.72. The van der Waals surface area contributed by atoms with Gasteiger partial charge in [0.25, 0.3) is 10.0 Å². The number of hydrogen-bond acceptors (Lipinski definition) is 4. The van der Waals surface area contributed by atoms with Gasteiger partial charge in [0.1, 0.15) is 12.3 Å². The molecule has 0 N–H and O–H groups in total. The predicted octanol–water partition coefficient (Wildman–Crippen LogP) is 4.55. The number of hydrogen-bond donors (Lipinski definition) is 0. The highest BCUT2D eigenvalue weighted by Gasteiger charge is 2.32. The van der Waals surface area contributed by atoms with Crippen molar-refractivity contribution in [3.05, 3.63) is 82.3 Å². The van der Waals surface area contributed by atoms with Crippen LogP contribution >= 0.6 is 15.9 Å². The lowest BCUT2D eigenvalue weighted by atomic mass is 10.2. The van der Waals surface area contributed by atoms with Crippen molar-refractivity contribution in [2.45, 2.75) is 18.2 Å². The van der Waals surface area contributed by atoms with E-state index in [1.54, 1.807) is 23.1 Å². The smallest absolute Gasteiger partial charge is 0.264 e. The molecule has 0 spiro atoms. The number of anilines is 2. The van der Waals surface area contributed by atoms with Gasteiger partial charge in [0.2, 0.25) is 5.91 Å². The Hall–Kier alpha value is -2.84. The summed E-state index contributed by atoms with van der Waals surface area (Å²) in [5.74, 6) is 0.252. The SMILES string of the molecule is COc1ccc(S(=O)(=O)N(CC(=O)N2CCc3ccccc32)c2ccc(C)cc2)cc1Br. The van der Waals surface area contributed by atoms with Crippen molar-refractivity contribution in [3.8, 4) is 5.75 Å². The second-order valence-electron chi connectivity index (χ2n) is 7.57. The number of carbonyl (C=O) groups is 1. The number of nitrogens with zero attached hydrogens (tertiary/aromatic N) is 2. The lowest BCUT2D eigenvalue weighted by molar-refractivity contribution is -0.117. The van der Waals surface area contributed by atoms with Crippen molar-refractivity contribution in [2.75, 3.05) is 29.4 Å². The standard InChI is InChI=1S/C24H23BrN2O4S/c1-17-7-9-19(10-8-17)27(32(29,30)20-11-12-23(31-2)21(25)15-20)16-24(28)26-14-13-18-5-3-4-6-22(18)26/h3-12,15H,13-14,16H2,1-2H3. The third kappa shape index (κ3) is 4.25. The van der Waals surface area contributed by atoms with Crippen LogP contribution in [0.15, 0.2) is 76.1 Å². The molecule has 1 aliphatic rings. The first-order valence-corrected chi connectivity index (χ1v) is 12.4. The van der Waals surface area contributed by atoms with E-state index in [2.05, 4.69) is 15.9 Å². The highest BCUT2D eigenvalue weighted by molar-refractivity contribution is 9.10. The largest absolute Gasteiger partial charge is 0.496 e. The molecule has 0 saturated carbocycles. The topological polar surface area (TPSA) is 66.9 Å². The fourth-order valence-corrected chi connectivity index (χ4v) is 5.90. The first kappa shape index (κ1) is 22.4. The van der Waals surface area contributed by atoms with Crippen LogP contribution in [-0.4, -0.2) is 34.5 Å². The summed E-state index contributed by atoms with van der Waals surface area (Å²) in [5.41, 5.74) is 3.36. The number of aryl methyl sites for hydroxylation is 1. The van der Waals surface area contributed by atoms with Crippen molar-refractivity contribution in [1.29, 1.82) is 0 Å². The predicted molar refractivity (Wildman–Crippen MR) is 129 cm³/mol. The van der Waals surface area contributed by atoms with Gasteiger partial charge in [0.15, 0.2) is 0 Å². The van der Waals surface area contributed by atoms with Gasteiger partial charge in [-0.1, -0.05) is 35.9 Å². The van der Waals surface area contributed by atoms with Crippen molar-refractivity contribution in [2.24, 2.45) is 0 Å². The van der Waals surface area contributed by atoms with E-state index in [9.17, 15) is 13.2 Å². The highest BCUT2D eigenvalue weighted by Crippen LogP contribution is 2.32. The Labute approximate surface area is 196 Å². The minimum atomic E-state index is -4.02. The van der Waals surface area contributed by atoms with Crippen molar-refractivity contribution >= 4 is 43.2 Å². The third-order valence-electron chi connectivity index (χ3n) is 5.50. The number of methoxy groups -OCH3 is 1. The first-order chi connectivity index (χ1) is 15.3. The molecule has 0 radical (unpaired) electrons. The van der Waals surface area contributed by atoms with Gasteiger partial charge < -0.3 is 9.64 Å². The summed E-state index contributed by atoms with van der Waals surface area (Å²) < 4.78 is 34.2. The number of halogens is 1. The number of ether oxygens (including phenoxy) is 1. The van der Waals surface area contributed by atoms with Gasteiger partial charge in [-0.2, -0.15) is 0 Å². The maximum atomic E-state index is 13.7. The fraction of sp³-hybridized carbons (Fsp3) is 0.208. The monoisotopic (exact) mass is 514 g/mol. The Morgan fingerprint density at radius 1 is 1.09 bits per heavy atom. The van der Waals surface area contributed by atoms with E-state index < -0.39 is 10.0 Å². The van der Waals surface area contributed by atoms with Gasteiger partial charge in [-0.25, -0.2) is 8.42 Å². The van der Waals surface area contributed by atoms with E-state index in [1.165, 1.54) is 23.5 Å².